The molecule has 128 valence electrons. The molecule has 0 spiro atoms. The van der Waals surface area contributed by atoms with Crippen LogP contribution in [-0.2, 0) is 10.0 Å². The molecule has 7 heteroatoms. The molecule has 0 N–H and O–H groups in total. The van der Waals surface area contributed by atoms with Crippen LogP contribution in [0.3, 0.4) is 0 Å². The summed E-state index contributed by atoms with van der Waals surface area (Å²) in [5.41, 5.74) is 0.776. The van der Waals surface area contributed by atoms with Crippen molar-refractivity contribution in [1.29, 1.82) is 0 Å². The van der Waals surface area contributed by atoms with Crippen molar-refractivity contribution in [3.63, 3.8) is 0 Å². The molecule has 0 saturated carbocycles. The summed E-state index contributed by atoms with van der Waals surface area (Å²) in [6, 6.07) is 10.8. The van der Waals surface area contributed by atoms with E-state index >= 15 is 0 Å². The maximum Gasteiger partial charge on any atom is 0.218 e. The molecule has 0 amide bonds. The number of ether oxygens (including phenoxy) is 1. The van der Waals surface area contributed by atoms with Gasteiger partial charge in [-0.2, -0.15) is 4.31 Å². The van der Waals surface area contributed by atoms with Gasteiger partial charge in [0.15, 0.2) is 0 Å². The molecule has 1 aliphatic rings. The van der Waals surface area contributed by atoms with E-state index in [0.717, 1.165) is 18.5 Å². The molecule has 3 rings (SSSR count). The molecule has 5 nitrogen and oxygen atoms in total. The SMILES string of the molecule is O=S(=O)(CCOc1ccc(F)cc1)N1CCC[C@@H]1c1ccccn1. The highest BCUT2D eigenvalue weighted by atomic mass is 32.2. The first-order valence-corrected chi connectivity index (χ1v) is 9.46. The van der Waals surface area contributed by atoms with E-state index in [0.29, 0.717) is 12.3 Å². The topological polar surface area (TPSA) is 59.5 Å². The third-order valence-corrected chi connectivity index (χ3v) is 5.85. The average molecular weight is 350 g/mol. The fourth-order valence-corrected chi connectivity index (χ4v) is 4.39. The predicted octanol–water partition coefficient (Wildman–Crippen LogP) is 2.77. The number of sulfonamides is 1. The van der Waals surface area contributed by atoms with E-state index < -0.39 is 10.0 Å². The smallest absolute Gasteiger partial charge is 0.218 e. The molecule has 1 aliphatic heterocycles. The second-order valence-corrected chi connectivity index (χ2v) is 7.68. The first kappa shape index (κ1) is 16.9. The van der Waals surface area contributed by atoms with Crippen molar-refractivity contribution >= 4 is 10.0 Å². The van der Waals surface area contributed by atoms with Crippen molar-refractivity contribution in [3.8, 4) is 5.75 Å². The van der Waals surface area contributed by atoms with Gasteiger partial charge in [0.1, 0.15) is 18.2 Å². The summed E-state index contributed by atoms with van der Waals surface area (Å²) in [6.45, 7) is 0.527. The van der Waals surface area contributed by atoms with Crippen molar-refractivity contribution in [2.24, 2.45) is 0 Å². The summed E-state index contributed by atoms with van der Waals surface area (Å²) in [7, 11) is -3.44. The van der Waals surface area contributed by atoms with Gasteiger partial charge in [-0.05, 0) is 49.2 Å². The Bertz CT molecular complexity index is 766. The van der Waals surface area contributed by atoms with Gasteiger partial charge in [0.05, 0.1) is 17.5 Å². The third-order valence-electron chi connectivity index (χ3n) is 4.01. The van der Waals surface area contributed by atoms with Crippen molar-refractivity contribution in [2.75, 3.05) is 18.9 Å². The molecular formula is C17H19FN2O3S. The third kappa shape index (κ3) is 3.91. The van der Waals surface area contributed by atoms with Crippen LogP contribution in [0.2, 0.25) is 0 Å². The Balaban J connectivity index is 1.63. The summed E-state index contributed by atoms with van der Waals surface area (Å²) in [5, 5.41) is 0. The molecule has 0 unspecified atom stereocenters. The zero-order valence-corrected chi connectivity index (χ0v) is 14.0. The molecule has 1 aromatic carbocycles. The van der Waals surface area contributed by atoms with Crippen molar-refractivity contribution in [2.45, 2.75) is 18.9 Å². The van der Waals surface area contributed by atoms with Gasteiger partial charge in [0, 0.05) is 12.7 Å². The first-order chi connectivity index (χ1) is 11.6. The zero-order valence-electron chi connectivity index (χ0n) is 13.1. The number of pyridine rings is 1. The van der Waals surface area contributed by atoms with Gasteiger partial charge in [-0.25, -0.2) is 12.8 Å². The summed E-state index contributed by atoms with van der Waals surface area (Å²) >= 11 is 0. The van der Waals surface area contributed by atoms with E-state index in [1.165, 1.54) is 28.6 Å². The number of rotatable bonds is 6. The average Bonchev–Trinajstić information content (AvgIpc) is 3.08. The van der Waals surface area contributed by atoms with Crippen LogP contribution < -0.4 is 4.74 Å². The minimum absolute atomic E-state index is 0.0272. The largest absolute Gasteiger partial charge is 0.492 e. The Morgan fingerprint density at radius 1 is 1.21 bits per heavy atom. The highest BCUT2D eigenvalue weighted by molar-refractivity contribution is 7.89. The molecule has 24 heavy (non-hydrogen) atoms. The number of halogens is 1. The molecule has 1 saturated heterocycles. The Morgan fingerprint density at radius 2 is 2.00 bits per heavy atom. The van der Waals surface area contributed by atoms with E-state index in [1.807, 2.05) is 18.2 Å². The highest BCUT2D eigenvalue weighted by Gasteiger charge is 2.35. The molecule has 1 fully saturated rings. The van der Waals surface area contributed by atoms with Gasteiger partial charge < -0.3 is 4.74 Å². The predicted molar refractivity (Wildman–Crippen MR) is 88.6 cm³/mol. The standard InChI is InChI=1S/C17H19FN2O3S/c18-14-6-8-15(9-7-14)23-12-13-24(21,22)20-11-3-5-17(20)16-4-1-2-10-19-16/h1-2,4,6-10,17H,3,5,11-13H2/t17-/m1/s1. The molecule has 0 bridgehead atoms. The van der Waals surface area contributed by atoms with Crippen molar-refractivity contribution in [1.82, 2.24) is 9.29 Å². The van der Waals surface area contributed by atoms with E-state index in [4.69, 9.17) is 4.74 Å². The Morgan fingerprint density at radius 3 is 2.71 bits per heavy atom. The number of nitrogens with zero attached hydrogens (tertiary/aromatic N) is 2. The van der Waals surface area contributed by atoms with E-state index in [9.17, 15) is 12.8 Å². The molecule has 0 aliphatic carbocycles. The van der Waals surface area contributed by atoms with Gasteiger partial charge in [0.2, 0.25) is 10.0 Å². The van der Waals surface area contributed by atoms with E-state index in [2.05, 4.69) is 4.98 Å². The summed E-state index contributed by atoms with van der Waals surface area (Å²) < 4.78 is 45.0. The first-order valence-electron chi connectivity index (χ1n) is 7.85. The van der Waals surface area contributed by atoms with Crippen LogP contribution in [0.1, 0.15) is 24.6 Å². The number of benzene rings is 1. The molecule has 2 aromatic rings. The molecule has 1 aromatic heterocycles. The number of hydrogen-bond donors (Lipinski definition) is 0. The monoisotopic (exact) mass is 350 g/mol. The Kier molecular flexibility index (Phi) is 5.11. The van der Waals surface area contributed by atoms with Gasteiger partial charge in [0.25, 0.3) is 0 Å². The van der Waals surface area contributed by atoms with Gasteiger partial charge >= 0.3 is 0 Å². The highest BCUT2D eigenvalue weighted by Crippen LogP contribution is 2.33. The van der Waals surface area contributed by atoms with Crippen LogP contribution in [-0.4, -0.2) is 36.6 Å². The second-order valence-electron chi connectivity index (χ2n) is 5.64. The fraction of sp³-hybridized carbons (Fsp3) is 0.353. The lowest BCUT2D eigenvalue weighted by atomic mass is 10.1. The molecular weight excluding hydrogens is 331 g/mol. The molecule has 0 radical (unpaired) electrons. The zero-order chi connectivity index (χ0) is 17.0. The van der Waals surface area contributed by atoms with Crippen LogP contribution in [0.15, 0.2) is 48.7 Å². The van der Waals surface area contributed by atoms with Crippen LogP contribution in [0, 0.1) is 5.82 Å². The maximum absolute atomic E-state index is 12.8. The van der Waals surface area contributed by atoms with Crippen molar-refractivity contribution < 1.29 is 17.5 Å². The quantitative estimate of drug-likeness (QED) is 0.804. The lowest BCUT2D eigenvalue weighted by molar-refractivity contribution is 0.330. The van der Waals surface area contributed by atoms with Crippen molar-refractivity contribution in [3.05, 3.63) is 60.2 Å². The van der Waals surface area contributed by atoms with E-state index in [1.54, 1.807) is 6.20 Å². The van der Waals surface area contributed by atoms with Crippen LogP contribution in [0.25, 0.3) is 0 Å². The number of aromatic nitrogens is 1. The molecule has 1 atom stereocenters. The minimum Gasteiger partial charge on any atom is -0.492 e. The lowest BCUT2D eigenvalue weighted by Gasteiger charge is -2.23. The van der Waals surface area contributed by atoms with Crippen LogP contribution in [0.5, 0.6) is 5.75 Å². The van der Waals surface area contributed by atoms with Gasteiger partial charge in [-0.15, -0.1) is 0 Å². The normalized spacial score (nSPS) is 18.6. The Labute approximate surface area is 141 Å². The summed E-state index contributed by atoms with van der Waals surface area (Å²) in [6.07, 6.45) is 3.27. The number of hydrogen-bond acceptors (Lipinski definition) is 4. The van der Waals surface area contributed by atoms with Gasteiger partial charge in [-0.1, -0.05) is 6.07 Å². The minimum atomic E-state index is -3.44. The van der Waals surface area contributed by atoms with Gasteiger partial charge in [-0.3, -0.25) is 4.98 Å². The van der Waals surface area contributed by atoms with Crippen LogP contribution >= 0.6 is 0 Å². The maximum atomic E-state index is 12.8. The fourth-order valence-electron chi connectivity index (χ4n) is 2.85. The molecule has 2 heterocycles. The summed E-state index contributed by atoms with van der Waals surface area (Å²) in [4.78, 5) is 4.29. The summed E-state index contributed by atoms with van der Waals surface area (Å²) in [5.74, 6) is -0.0206. The lowest BCUT2D eigenvalue weighted by Crippen LogP contribution is -2.34. The Hall–Kier alpha value is -1.99. The second kappa shape index (κ2) is 7.27. The van der Waals surface area contributed by atoms with E-state index in [-0.39, 0.29) is 24.2 Å². The van der Waals surface area contributed by atoms with Crippen LogP contribution in [0.4, 0.5) is 4.39 Å².